The molecular weight excluding hydrogens is 302 g/mol. The van der Waals surface area contributed by atoms with Crippen molar-refractivity contribution in [3.63, 3.8) is 0 Å². The minimum absolute atomic E-state index is 0.0519. The summed E-state index contributed by atoms with van der Waals surface area (Å²) >= 11 is 0. The van der Waals surface area contributed by atoms with E-state index in [1.54, 1.807) is 0 Å². The molecule has 1 fully saturated rings. The summed E-state index contributed by atoms with van der Waals surface area (Å²) in [7, 11) is 0. The molecule has 0 saturated carbocycles. The largest absolute Gasteiger partial charge is 0.372 e. The first-order valence-electron chi connectivity index (χ1n) is 8.59. The fourth-order valence-corrected chi connectivity index (χ4v) is 3.14. The fourth-order valence-electron chi connectivity index (χ4n) is 3.14. The zero-order valence-corrected chi connectivity index (χ0v) is 14.6. The third-order valence-corrected chi connectivity index (χ3v) is 4.82. The van der Waals surface area contributed by atoms with Gasteiger partial charge in [0.25, 0.3) is 0 Å². The molecule has 2 aromatic rings. The Labute approximate surface area is 143 Å². The van der Waals surface area contributed by atoms with Crippen LogP contribution in [0.3, 0.4) is 0 Å². The average Bonchev–Trinajstić information content (AvgIpc) is 2.88. The molecule has 24 heavy (non-hydrogen) atoms. The van der Waals surface area contributed by atoms with Gasteiger partial charge in [-0.3, -0.25) is 4.79 Å². The summed E-state index contributed by atoms with van der Waals surface area (Å²) in [6.45, 7) is 8.22. The SMILES string of the molecule is Cc1noc(C)c1CC(=O)Nc1ccc(N2CCC(C)CC2)cc1. The molecule has 1 aliphatic heterocycles. The van der Waals surface area contributed by atoms with Crippen LogP contribution < -0.4 is 10.2 Å². The van der Waals surface area contributed by atoms with E-state index >= 15 is 0 Å². The first-order valence-corrected chi connectivity index (χ1v) is 8.59. The highest BCUT2D eigenvalue weighted by atomic mass is 16.5. The molecule has 1 aliphatic rings. The predicted octanol–water partition coefficient (Wildman–Crippen LogP) is 3.71. The molecule has 128 valence electrons. The van der Waals surface area contributed by atoms with Gasteiger partial charge < -0.3 is 14.7 Å². The lowest BCUT2D eigenvalue weighted by molar-refractivity contribution is -0.115. The summed E-state index contributed by atoms with van der Waals surface area (Å²) < 4.78 is 5.10. The Balaban J connectivity index is 1.59. The van der Waals surface area contributed by atoms with E-state index in [0.29, 0.717) is 5.76 Å². The van der Waals surface area contributed by atoms with Crippen molar-refractivity contribution in [2.45, 2.75) is 40.0 Å². The van der Waals surface area contributed by atoms with Gasteiger partial charge in [-0.05, 0) is 56.9 Å². The van der Waals surface area contributed by atoms with Gasteiger partial charge in [-0.25, -0.2) is 0 Å². The fraction of sp³-hybridized carbons (Fsp3) is 0.474. The number of aromatic nitrogens is 1. The normalized spacial score (nSPS) is 15.5. The number of carbonyl (C=O) groups is 1. The van der Waals surface area contributed by atoms with Gasteiger partial charge in [-0.1, -0.05) is 12.1 Å². The van der Waals surface area contributed by atoms with E-state index in [9.17, 15) is 4.79 Å². The molecule has 0 bridgehead atoms. The molecule has 0 spiro atoms. The summed E-state index contributed by atoms with van der Waals surface area (Å²) in [6.07, 6.45) is 2.78. The summed E-state index contributed by atoms with van der Waals surface area (Å²) in [5, 5.41) is 6.83. The number of hydrogen-bond donors (Lipinski definition) is 1. The van der Waals surface area contributed by atoms with Crippen LogP contribution in [-0.4, -0.2) is 24.2 Å². The zero-order chi connectivity index (χ0) is 17.1. The van der Waals surface area contributed by atoms with E-state index in [1.165, 1.54) is 18.5 Å². The van der Waals surface area contributed by atoms with Crippen molar-refractivity contribution in [1.29, 1.82) is 0 Å². The summed E-state index contributed by atoms with van der Waals surface area (Å²) in [6, 6.07) is 8.11. The van der Waals surface area contributed by atoms with E-state index < -0.39 is 0 Å². The van der Waals surface area contributed by atoms with Crippen LogP contribution in [-0.2, 0) is 11.2 Å². The molecule has 1 amide bonds. The molecule has 1 aromatic heterocycles. The minimum Gasteiger partial charge on any atom is -0.372 e. The Morgan fingerprint density at radius 2 is 1.92 bits per heavy atom. The predicted molar refractivity (Wildman–Crippen MR) is 95.4 cm³/mol. The maximum atomic E-state index is 12.2. The third-order valence-electron chi connectivity index (χ3n) is 4.82. The number of anilines is 2. The number of benzene rings is 1. The van der Waals surface area contributed by atoms with Gasteiger partial charge in [0.15, 0.2) is 0 Å². The van der Waals surface area contributed by atoms with Crippen LogP contribution in [0.5, 0.6) is 0 Å². The molecule has 1 saturated heterocycles. The van der Waals surface area contributed by atoms with Crippen molar-refractivity contribution in [2.75, 3.05) is 23.3 Å². The number of amides is 1. The Kier molecular flexibility index (Phi) is 4.88. The van der Waals surface area contributed by atoms with Gasteiger partial charge >= 0.3 is 0 Å². The minimum atomic E-state index is -0.0519. The number of nitrogens with one attached hydrogen (secondary N) is 1. The van der Waals surface area contributed by atoms with Crippen LogP contribution in [0.15, 0.2) is 28.8 Å². The molecule has 0 unspecified atom stereocenters. The molecule has 0 aliphatic carbocycles. The second-order valence-corrected chi connectivity index (χ2v) is 6.74. The summed E-state index contributed by atoms with van der Waals surface area (Å²) in [5.74, 6) is 1.48. The Hall–Kier alpha value is -2.30. The van der Waals surface area contributed by atoms with Crippen LogP contribution in [0.4, 0.5) is 11.4 Å². The highest BCUT2D eigenvalue weighted by Gasteiger charge is 2.16. The van der Waals surface area contributed by atoms with Gasteiger partial charge in [0.1, 0.15) is 5.76 Å². The smallest absolute Gasteiger partial charge is 0.228 e. The molecule has 0 radical (unpaired) electrons. The molecule has 1 N–H and O–H groups in total. The maximum absolute atomic E-state index is 12.2. The average molecular weight is 327 g/mol. The van der Waals surface area contributed by atoms with E-state index in [1.807, 2.05) is 26.0 Å². The monoisotopic (exact) mass is 327 g/mol. The van der Waals surface area contributed by atoms with Crippen LogP contribution in [0, 0.1) is 19.8 Å². The number of aryl methyl sites for hydroxylation is 2. The quantitative estimate of drug-likeness (QED) is 0.930. The molecule has 5 nitrogen and oxygen atoms in total. The van der Waals surface area contributed by atoms with Crippen LogP contribution in [0.25, 0.3) is 0 Å². The van der Waals surface area contributed by atoms with Gasteiger partial charge in [-0.2, -0.15) is 0 Å². The van der Waals surface area contributed by atoms with E-state index in [0.717, 1.165) is 36.0 Å². The lowest BCUT2D eigenvalue weighted by Crippen LogP contribution is -2.32. The van der Waals surface area contributed by atoms with Crippen molar-refractivity contribution in [3.05, 3.63) is 41.3 Å². The Morgan fingerprint density at radius 1 is 1.25 bits per heavy atom. The number of rotatable bonds is 4. The Morgan fingerprint density at radius 3 is 2.50 bits per heavy atom. The van der Waals surface area contributed by atoms with Crippen molar-refractivity contribution in [1.82, 2.24) is 5.16 Å². The van der Waals surface area contributed by atoms with Gasteiger partial charge in [0.05, 0.1) is 12.1 Å². The molecule has 0 atom stereocenters. The van der Waals surface area contributed by atoms with Gasteiger partial charge in [-0.15, -0.1) is 0 Å². The molecular formula is C19H25N3O2. The highest BCUT2D eigenvalue weighted by Crippen LogP contribution is 2.24. The summed E-state index contributed by atoms with van der Waals surface area (Å²) in [5.41, 5.74) is 3.69. The molecule has 5 heteroatoms. The van der Waals surface area contributed by atoms with Crippen molar-refractivity contribution >= 4 is 17.3 Å². The molecule has 1 aromatic carbocycles. The maximum Gasteiger partial charge on any atom is 0.228 e. The van der Waals surface area contributed by atoms with Crippen LogP contribution in [0.1, 0.15) is 36.8 Å². The van der Waals surface area contributed by atoms with E-state index in [4.69, 9.17) is 4.52 Å². The first kappa shape index (κ1) is 16.6. The number of carbonyl (C=O) groups excluding carboxylic acids is 1. The number of hydrogen-bond acceptors (Lipinski definition) is 4. The number of piperidine rings is 1. The highest BCUT2D eigenvalue weighted by molar-refractivity contribution is 5.92. The summed E-state index contributed by atoms with van der Waals surface area (Å²) in [4.78, 5) is 14.6. The van der Waals surface area contributed by atoms with Crippen molar-refractivity contribution in [2.24, 2.45) is 5.92 Å². The van der Waals surface area contributed by atoms with E-state index in [2.05, 4.69) is 34.4 Å². The van der Waals surface area contributed by atoms with Crippen molar-refractivity contribution in [3.8, 4) is 0 Å². The second kappa shape index (κ2) is 7.07. The van der Waals surface area contributed by atoms with Gasteiger partial charge in [0, 0.05) is 30.0 Å². The second-order valence-electron chi connectivity index (χ2n) is 6.74. The van der Waals surface area contributed by atoms with E-state index in [-0.39, 0.29) is 12.3 Å². The zero-order valence-electron chi connectivity index (χ0n) is 14.6. The first-order chi connectivity index (χ1) is 11.5. The molecule has 3 rings (SSSR count). The van der Waals surface area contributed by atoms with Crippen molar-refractivity contribution < 1.29 is 9.32 Å². The standard InChI is InChI=1S/C19H25N3O2/c1-13-8-10-22(11-9-13)17-6-4-16(5-7-17)20-19(23)12-18-14(2)21-24-15(18)3/h4-7,13H,8-12H2,1-3H3,(H,20,23). The topological polar surface area (TPSA) is 58.4 Å². The lowest BCUT2D eigenvalue weighted by atomic mass is 9.99. The van der Waals surface area contributed by atoms with Crippen LogP contribution in [0.2, 0.25) is 0 Å². The molecule has 2 heterocycles. The number of nitrogens with zero attached hydrogens (tertiary/aromatic N) is 2. The lowest BCUT2D eigenvalue weighted by Gasteiger charge is -2.32. The third kappa shape index (κ3) is 3.78. The van der Waals surface area contributed by atoms with Crippen LogP contribution >= 0.6 is 0 Å². The van der Waals surface area contributed by atoms with Gasteiger partial charge in [0.2, 0.25) is 5.91 Å². The Bertz CT molecular complexity index is 678.